The monoisotopic (exact) mass is 317 g/mol. The highest BCUT2D eigenvalue weighted by Crippen LogP contribution is 2.26. The predicted molar refractivity (Wildman–Crippen MR) is 85.0 cm³/mol. The van der Waals surface area contributed by atoms with Gasteiger partial charge in [0.2, 0.25) is 0 Å². The average molecular weight is 317 g/mol. The first-order chi connectivity index (χ1) is 11.1. The van der Waals surface area contributed by atoms with Crippen molar-refractivity contribution in [2.75, 3.05) is 20.2 Å². The molecule has 3 rings (SSSR count). The molecular formula is C17H20FN3O2. The third kappa shape index (κ3) is 2.93. The summed E-state index contributed by atoms with van der Waals surface area (Å²) in [5, 5.41) is 4.40. The molecule has 0 unspecified atom stereocenters. The molecule has 0 radical (unpaired) electrons. The maximum Gasteiger partial charge on any atom is 0.272 e. The fraction of sp³-hybridized carbons (Fsp3) is 0.412. The van der Waals surface area contributed by atoms with Gasteiger partial charge < -0.3 is 9.64 Å². The molecular weight excluding hydrogens is 297 g/mol. The second-order valence-electron chi connectivity index (χ2n) is 5.58. The van der Waals surface area contributed by atoms with Crippen LogP contribution in [-0.2, 0) is 6.54 Å². The van der Waals surface area contributed by atoms with E-state index < -0.39 is 5.82 Å². The Kier molecular flexibility index (Phi) is 4.32. The van der Waals surface area contributed by atoms with Gasteiger partial charge in [-0.25, -0.2) is 4.39 Å². The van der Waals surface area contributed by atoms with Crippen LogP contribution in [0.25, 0.3) is 11.3 Å². The Balaban J connectivity index is 1.97. The van der Waals surface area contributed by atoms with Crippen LogP contribution in [-0.4, -0.2) is 40.8 Å². The van der Waals surface area contributed by atoms with E-state index in [2.05, 4.69) is 5.10 Å². The minimum atomic E-state index is -0.412. The predicted octanol–water partition coefficient (Wildman–Crippen LogP) is 2.95. The topological polar surface area (TPSA) is 47.4 Å². The number of hydrogen-bond acceptors (Lipinski definition) is 3. The highest BCUT2D eigenvalue weighted by Gasteiger charge is 2.24. The second-order valence-corrected chi connectivity index (χ2v) is 5.58. The number of ether oxygens (including phenoxy) is 1. The number of carbonyl (C=O) groups is 1. The summed E-state index contributed by atoms with van der Waals surface area (Å²) in [7, 11) is 1.49. The van der Waals surface area contributed by atoms with E-state index in [0.29, 0.717) is 29.2 Å². The van der Waals surface area contributed by atoms with Gasteiger partial charge in [0.1, 0.15) is 17.3 Å². The van der Waals surface area contributed by atoms with E-state index >= 15 is 0 Å². The molecule has 1 amide bonds. The summed E-state index contributed by atoms with van der Waals surface area (Å²) in [5.41, 5.74) is 1.35. The molecule has 1 aliphatic heterocycles. The molecule has 2 aromatic rings. The standard InChI is InChI=1S/C17H20FN3O2/c1-3-21-16(17(22)20-8-4-5-9-20)11-15(19-21)13-7-6-12(23-2)10-14(13)18/h6-7,10-11H,3-5,8-9H2,1-2H3. The maximum absolute atomic E-state index is 14.2. The van der Waals surface area contributed by atoms with Crippen molar-refractivity contribution < 1.29 is 13.9 Å². The molecule has 0 atom stereocenters. The van der Waals surface area contributed by atoms with Crippen molar-refractivity contribution in [1.29, 1.82) is 0 Å². The first-order valence-electron chi connectivity index (χ1n) is 7.85. The molecule has 2 heterocycles. The van der Waals surface area contributed by atoms with Gasteiger partial charge in [-0.05, 0) is 38.0 Å². The van der Waals surface area contributed by atoms with E-state index in [-0.39, 0.29) is 5.91 Å². The van der Waals surface area contributed by atoms with Gasteiger partial charge in [-0.3, -0.25) is 9.48 Å². The van der Waals surface area contributed by atoms with Gasteiger partial charge in [0, 0.05) is 31.3 Å². The zero-order valence-electron chi connectivity index (χ0n) is 13.4. The Hall–Kier alpha value is -2.37. The summed E-state index contributed by atoms with van der Waals surface area (Å²) in [6.07, 6.45) is 2.07. The number of benzene rings is 1. The normalized spacial score (nSPS) is 14.3. The maximum atomic E-state index is 14.2. The number of rotatable bonds is 4. The number of amides is 1. The third-order valence-electron chi connectivity index (χ3n) is 4.14. The molecule has 0 saturated carbocycles. The molecule has 6 heteroatoms. The molecule has 0 spiro atoms. The lowest BCUT2D eigenvalue weighted by Crippen LogP contribution is -2.29. The minimum absolute atomic E-state index is 0.0305. The Bertz CT molecular complexity index is 721. The largest absolute Gasteiger partial charge is 0.497 e. The van der Waals surface area contributed by atoms with Crippen LogP contribution in [0.5, 0.6) is 5.75 Å². The molecule has 23 heavy (non-hydrogen) atoms. The fourth-order valence-electron chi connectivity index (χ4n) is 2.87. The average Bonchev–Trinajstić information content (AvgIpc) is 3.23. The van der Waals surface area contributed by atoms with E-state index in [1.165, 1.54) is 13.2 Å². The van der Waals surface area contributed by atoms with Gasteiger partial charge in [-0.15, -0.1) is 0 Å². The number of aromatic nitrogens is 2. The molecule has 122 valence electrons. The zero-order valence-corrected chi connectivity index (χ0v) is 13.4. The van der Waals surface area contributed by atoms with Gasteiger partial charge in [0.25, 0.3) is 5.91 Å². The van der Waals surface area contributed by atoms with E-state index in [1.807, 2.05) is 11.8 Å². The number of nitrogens with zero attached hydrogens (tertiary/aromatic N) is 3. The summed E-state index contributed by atoms with van der Waals surface area (Å²) in [5.74, 6) is 0.0110. The van der Waals surface area contributed by atoms with Gasteiger partial charge in [-0.2, -0.15) is 5.10 Å². The van der Waals surface area contributed by atoms with Crippen LogP contribution in [0.1, 0.15) is 30.3 Å². The Morgan fingerprint density at radius 2 is 2.04 bits per heavy atom. The van der Waals surface area contributed by atoms with E-state index in [9.17, 15) is 9.18 Å². The molecule has 1 aromatic carbocycles. The van der Waals surface area contributed by atoms with E-state index in [0.717, 1.165) is 25.9 Å². The molecule has 1 aromatic heterocycles. The quantitative estimate of drug-likeness (QED) is 0.871. The van der Waals surface area contributed by atoms with E-state index in [1.54, 1.807) is 22.9 Å². The van der Waals surface area contributed by atoms with Crippen molar-refractivity contribution in [1.82, 2.24) is 14.7 Å². The molecule has 0 aliphatic carbocycles. The smallest absolute Gasteiger partial charge is 0.272 e. The van der Waals surface area contributed by atoms with Gasteiger partial charge in [0.15, 0.2) is 0 Å². The summed E-state index contributed by atoms with van der Waals surface area (Å²) < 4.78 is 20.9. The first kappa shape index (κ1) is 15.5. The van der Waals surface area contributed by atoms with Gasteiger partial charge in [0.05, 0.1) is 12.8 Å². The zero-order chi connectivity index (χ0) is 16.4. The third-order valence-corrected chi connectivity index (χ3v) is 4.14. The molecule has 0 N–H and O–H groups in total. The summed E-state index contributed by atoms with van der Waals surface area (Å²) in [6.45, 7) is 4.04. The van der Waals surface area contributed by atoms with Crippen molar-refractivity contribution in [3.63, 3.8) is 0 Å². The van der Waals surface area contributed by atoms with Gasteiger partial charge >= 0.3 is 0 Å². The number of hydrogen-bond donors (Lipinski definition) is 0. The highest BCUT2D eigenvalue weighted by molar-refractivity contribution is 5.94. The van der Waals surface area contributed by atoms with Crippen molar-refractivity contribution in [2.45, 2.75) is 26.3 Å². The van der Waals surface area contributed by atoms with Crippen molar-refractivity contribution in [3.8, 4) is 17.0 Å². The van der Waals surface area contributed by atoms with Crippen LogP contribution in [0.2, 0.25) is 0 Å². The summed E-state index contributed by atoms with van der Waals surface area (Å²) >= 11 is 0. The Labute approximate surface area is 134 Å². The number of carbonyl (C=O) groups excluding carboxylic acids is 1. The Morgan fingerprint density at radius 3 is 2.65 bits per heavy atom. The van der Waals surface area contributed by atoms with Crippen LogP contribution in [0.3, 0.4) is 0 Å². The summed E-state index contributed by atoms with van der Waals surface area (Å²) in [6, 6.07) is 6.31. The number of methoxy groups -OCH3 is 1. The lowest BCUT2D eigenvalue weighted by molar-refractivity contribution is 0.0780. The highest BCUT2D eigenvalue weighted by atomic mass is 19.1. The molecule has 1 saturated heterocycles. The lowest BCUT2D eigenvalue weighted by atomic mass is 10.1. The number of aryl methyl sites for hydroxylation is 1. The van der Waals surface area contributed by atoms with Crippen LogP contribution in [0.15, 0.2) is 24.3 Å². The molecule has 5 nitrogen and oxygen atoms in total. The number of likely N-dealkylation sites (tertiary alicyclic amines) is 1. The SMILES string of the molecule is CCn1nc(-c2ccc(OC)cc2F)cc1C(=O)N1CCCC1. The minimum Gasteiger partial charge on any atom is -0.497 e. The molecule has 1 aliphatic rings. The lowest BCUT2D eigenvalue weighted by Gasteiger charge is -2.15. The molecule has 1 fully saturated rings. The number of halogens is 1. The molecule has 0 bridgehead atoms. The van der Waals surface area contributed by atoms with Gasteiger partial charge in [-0.1, -0.05) is 0 Å². The van der Waals surface area contributed by atoms with E-state index in [4.69, 9.17) is 4.74 Å². The van der Waals surface area contributed by atoms with Crippen LogP contribution in [0.4, 0.5) is 4.39 Å². The van der Waals surface area contributed by atoms with Crippen molar-refractivity contribution in [2.24, 2.45) is 0 Å². The van der Waals surface area contributed by atoms with Crippen molar-refractivity contribution >= 4 is 5.91 Å². The van der Waals surface area contributed by atoms with Crippen LogP contribution < -0.4 is 4.74 Å². The summed E-state index contributed by atoms with van der Waals surface area (Å²) in [4.78, 5) is 14.4. The van der Waals surface area contributed by atoms with Crippen LogP contribution in [0, 0.1) is 5.82 Å². The Morgan fingerprint density at radius 1 is 1.30 bits per heavy atom. The first-order valence-corrected chi connectivity index (χ1v) is 7.85. The van der Waals surface area contributed by atoms with Crippen LogP contribution >= 0.6 is 0 Å². The fourth-order valence-corrected chi connectivity index (χ4v) is 2.87. The second kappa shape index (κ2) is 6.40. The van der Waals surface area contributed by atoms with Crippen molar-refractivity contribution in [3.05, 3.63) is 35.8 Å².